The van der Waals surface area contributed by atoms with Crippen molar-refractivity contribution >= 4 is 5.82 Å². The van der Waals surface area contributed by atoms with Gasteiger partial charge in [-0.15, -0.1) is 0 Å². The highest BCUT2D eigenvalue weighted by Gasteiger charge is 2.05. The Balaban J connectivity index is 2.61. The maximum atomic E-state index is 11.4. The summed E-state index contributed by atoms with van der Waals surface area (Å²) >= 11 is 0. The third-order valence-electron chi connectivity index (χ3n) is 2.71. The SMILES string of the molecule is Cc1c(-c2ccc(N)nc2)ccc(=O)n1C. The van der Waals surface area contributed by atoms with Crippen LogP contribution in [0.5, 0.6) is 0 Å². The Morgan fingerprint density at radius 3 is 2.62 bits per heavy atom. The second-order valence-corrected chi connectivity index (χ2v) is 3.70. The third-order valence-corrected chi connectivity index (χ3v) is 2.71. The van der Waals surface area contributed by atoms with Gasteiger partial charge in [-0.1, -0.05) is 0 Å². The molecule has 4 nitrogen and oxygen atoms in total. The van der Waals surface area contributed by atoms with E-state index in [0.29, 0.717) is 5.82 Å². The molecule has 2 rings (SSSR count). The number of nitrogen functional groups attached to an aromatic ring is 1. The highest BCUT2D eigenvalue weighted by molar-refractivity contribution is 5.65. The molecule has 16 heavy (non-hydrogen) atoms. The van der Waals surface area contributed by atoms with Gasteiger partial charge < -0.3 is 10.3 Å². The predicted octanol–water partition coefficient (Wildman–Crippen LogP) is 1.34. The van der Waals surface area contributed by atoms with Crippen LogP contribution in [0.1, 0.15) is 5.69 Å². The molecule has 82 valence electrons. The summed E-state index contributed by atoms with van der Waals surface area (Å²) in [6.45, 7) is 1.91. The molecule has 0 saturated heterocycles. The molecule has 2 heterocycles. The van der Waals surface area contributed by atoms with Crippen molar-refractivity contribution in [3.8, 4) is 11.1 Å². The number of hydrogen-bond donors (Lipinski definition) is 1. The molecule has 0 atom stereocenters. The molecule has 0 aliphatic carbocycles. The second kappa shape index (κ2) is 3.81. The topological polar surface area (TPSA) is 60.9 Å². The molecule has 0 aliphatic rings. The van der Waals surface area contributed by atoms with Crippen LogP contribution in [-0.4, -0.2) is 9.55 Å². The van der Waals surface area contributed by atoms with Crippen LogP contribution in [0.3, 0.4) is 0 Å². The zero-order valence-electron chi connectivity index (χ0n) is 9.27. The second-order valence-electron chi connectivity index (χ2n) is 3.70. The van der Waals surface area contributed by atoms with E-state index in [2.05, 4.69) is 4.98 Å². The maximum absolute atomic E-state index is 11.4. The van der Waals surface area contributed by atoms with Crippen LogP contribution in [0.4, 0.5) is 5.82 Å². The maximum Gasteiger partial charge on any atom is 0.250 e. The minimum Gasteiger partial charge on any atom is -0.384 e. The molecule has 0 radical (unpaired) electrons. The Labute approximate surface area is 93.4 Å². The molecular formula is C12H13N3O. The minimum absolute atomic E-state index is 0.00958. The van der Waals surface area contributed by atoms with Crippen molar-refractivity contribution in [2.75, 3.05) is 5.73 Å². The quantitative estimate of drug-likeness (QED) is 0.780. The summed E-state index contributed by atoms with van der Waals surface area (Å²) in [5.41, 5.74) is 8.39. The first kappa shape index (κ1) is 10.4. The Hall–Kier alpha value is -2.10. The van der Waals surface area contributed by atoms with Crippen LogP contribution < -0.4 is 11.3 Å². The molecule has 0 aliphatic heterocycles. The first-order valence-corrected chi connectivity index (χ1v) is 4.98. The number of pyridine rings is 2. The Morgan fingerprint density at radius 2 is 2.00 bits per heavy atom. The summed E-state index contributed by atoms with van der Waals surface area (Å²) in [6.07, 6.45) is 1.71. The van der Waals surface area contributed by atoms with Crippen molar-refractivity contribution in [3.05, 3.63) is 46.5 Å². The number of anilines is 1. The van der Waals surface area contributed by atoms with Gasteiger partial charge in [-0.05, 0) is 25.1 Å². The van der Waals surface area contributed by atoms with E-state index in [9.17, 15) is 4.79 Å². The fourth-order valence-electron chi connectivity index (χ4n) is 1.60. The van der Waals surface area contributed by atoms with E-state index >= 15 is 0 Å². The van der Waals surface area contributed by atoms with Crippen molar-refractivity contribution < 1.29 is 0 Å². The van der Waals surface area contributed by atoms with Gasteiger partial charge in [0.1, 0.15) is 5.82 Å². The predicted molar refractivity (Wildman–Crippen MR) is 64.1 cm³/mol. The lowest BCUT2D eigenvalue weighted by Gasteiger charge is -2.09. The highest BCUT2D eigenvalue weighted by atomic mass is 16.1. The zero-order valence-corrected chi connectivity index (χ0v) is 9.27. The van der Waals surface area contributed by atoms with Crippen LogP contribution in [0, 0.1) is 6.92 Å². The van der Waals surface area contributed by atoms with Crippen molar-refractivity contribution in [3.63, 3.8) is 0 Å². The molecule has 0 amide bonds. The van der Waals surface area contributed by atoms with Gasteiger partial charge in [0, 0.05) is 36.1 Å². The normalized spacial score (nSPS) is 10.4. The van der Waals surface area contributed by atoms with Gasteiger partial charge >= 0.3 is 0 Å². The summed E-state index contributed by atoms with van der Waals surface area (Å²) in [5.74, 6) is 0.492. The van der Waals surface area contributed by atoms with Crippen LogP contribution >= 0.6 is 0 Å². The lowest BCUT2D eigenvalue weighted by Crippen LogP contribution is -2.17. The zero-order chi connectivity index (χ0) is 11.7. The van der Waals surface area contributed by atoms with Crippen molar-refractivity contribution in [2.45, 2.75) is 6.92 Å². The van der Waals surface area contributed by atoms with Gasteiger partial charge in [0.05, 0.1) is 0 Å². The molecular weight excluding hydrogens is 202 g/mol. The van der Waals surface area contributed by atoms with Crippen LogP contribution in [0.25, 0.3) is 11.1 Å². The van der Waals surface area contributed by atoms with Gasteiger partial charge in [-0.2, -0.15) is 0 Å². The fraction of sp³-hybridized carbons (Fsp3) is 0.167. The highest BCUT2D eigenvalue weighted by Crippen LogP contribution is 2.21. The molecule has 2 aromatic rings. The van der Waals surface area contributed by atoms with E-state index in [1.54, 1.807) is 29.9 Å². The van der Waals surface area contributed by atoms with E-state index in [1.807, 2.05) is 19.1 Å². The number of aromatic nitrogens is 2. The molecule has 0 spiro atoms. The van der Waals surface area contributed by atoms with E-state index in [4.69, 9.17) is 5.73 Å². The number of nitrogens with zero attached hydrogens (tertiary/aromatic N) is 2. The first-order valence-electron chi connectivity index (χ1n) is 4.98. The summed E-state index contributed by atoms with van der Waals surface area (Å²) in [7, 11) is 1.76. The number of rotatable bonds is 1. The largest absolute Gasteiger partial charge is 0.384 e. The van der Waals surface area contributed by atoms with E-state index in [1.165, 1.54) is 0 Å². The number of nitrogens with two attached hydrogens (primary N) is 1. The smallest absolute Gasteiger partial charge is 0.250 e. The lowest BCUT2D eigenvalue weighted by molar-refractivity contribution is 0.821. The Bertz CT molecular complexity index is 570. The van der Waals surface area contributed by atoms with Gasteiger partial charge in [0.15, 0.2) is 0 Å². The average molecular weight is 215 g/mol. The molecule has 4 heteroatoms. The molecule has 2 aromatic heterocycles. The summed E-state index contributed by atoms with van der Waals surface area (Å²) in [6, 6.07) is 7.01. The van der Waals surface area contributed by atoms with E-state index < -0.39 is 0 Å². The average Bonchev–Trinajstić information content (AvgIpc) is 2.28. The fourth-order valence-corrected chi connectivity index (χ4v) is 1.60. The Morgan fingerprint density at radius 1 is 1.25 bits per heavy atom. The molecule has 0 fully saturated rings. The standard InChI is InChI=1S/C12H13N3O/c1-8-10(4-6-12(16)15(8)2)9-3-5-11(13)14-7-9/h3-7H,1-2H3,(H2,13,14). The Kier molecular flexibility index (Phi) is 2.48. The molecule has 0 unspecified atom stereocenters. The van der Waals surface area contributed by atoms with Crippen molar-refractivity contribution in [1.29, 1.82) is 0 Å². The molecule has 0 aromatic carbocycles. The van der Waals surface area contributed by atoms with Gasteiger partial charge in [-0.25, -0.2) is 4.98 Å². The third kappa shape index (κ3) is 1.69. The monoisotopic (exact) mass is 215 g/mol. The van der Waals surface area contributed by atoms with E-state index in [-0.39, 0.29) is 5.56 Å². The first-order chi connectivity index (χ1) is 7.59. The van der Waals surface area contributed by atoms with Gasteiger partial charge in [0.2, 0.25) is 5.56 Å². The molecule has 2 N–H and O–H groups in total. The molecule has 0 saturated carbocycles. The van der Waals surface area contributed by atoms with E-state index in [0.717, 1.165) is 16.8 Å². The lowest BCUT2D eigenvalue weighted by atomic mass is 10.1. The summed E-state index contributed by atoms with van der Waals surface area (Å²) in [5, 5.41) is 0. The van der Waals surface area contributed by atoms with Gasteiger partial charge in [0.25, 0.3) is 0 Å². The van der Waals surface area contributed by atoms with Crippen molar-refractivity contribution in [2.24, 2.45) is 7.05 Å². The van der Waals surface area contributed by atoms with Crippen LogP contribution in [-0.2, 0) is 7.05 Å². The minimum atomic E-state index is -0.00958. The van der Waals surface area contributed by atoms with Crippen LogP contribution in [0.15, 0.2) is 35.3 Å². The van der Waals surface area contributed by atoms with Crippen LogP contribution in [0.2, 0.25) is 0 Å². The summed E-state index contributed by atoms with van der Waals surface area (Å²) in [4.78, 5) is 15.4. The summed E-state index contributed by atoms with van der Waals surface area (Å²) < 4.78 is 1.62. The number of hydrogen-bond acceptors (Lipinski definition) is 3. The molecule has 0 bridgehead atoms. The van der Waals surface area contributed by atoms with Gasteiger partial charge in [-0.3, -0.25) is 4.79 Å². The van der Waals surface area contributed by atoms with Crippen molar-refractivity contribution in [1.82, 2.24) is 9.55 Å².